The van der Waals surface area contributed by atoms with Crippen LogP contribution in [0.1, 0.15) is 55.8 Å². The van der Waals surface area contributed by atoms with Crippen LogP contribution in [0.25, 0.3) is 10.9 Å². The molecule has 1 saturated heterocycles. The van der Waals surface area contributed by atoms with Crippen molar-refractivity contribution in [2.75, 3.05) is 32.0 Å². The standard InChI is InChI=1S/C22H29FN6O2/c1-3-27(10-4-8-24)20(14-7-9-26-12-14)18-13(2)19-16(11-17(18)23)21(30)29(25)22(31)28(19)15-5-6-15/h11,14-15,20,26H,3-7,9-10,12,25H2,1-2H3. The molecule has 2 aliphatic rings. The number of halogens is 1. The van der Waals surface area contributed by atoms with Gasteiger partial charge in [0.1, 0.15) is 5.82 Å². The van der Waals surface area contributed by atoms with Crippen LogP contribution in [0, 0.1) is 30.0 Å². The third-order valence-electron chi connectivity index (χ3n) is 6.71. The Hall–Kier alpha value is -2.70. The molecule has 2 aromatic rings. The summed E-state index contributed by atoms with van der Waals surface area (Å²) in [5.74, 6) is 5.44. The van der Waals surface area contributed by atoms with Gasteiger partial charge in [0.25, 0.3) is 5.56 Å². The van der Waals surface area contributed by atoms with Crippen LogP contribution in [0.2, 0.25) is 0 Å². The van der Waals surface area contributed by atoms with Gasteiger partial charge in [-0.15, -0.1) is 0 Å². The monoisotopic (exact) mass is 428 g/mol. The molecular formula is C22H29FN6O2. The Labute approximate surface area is 180 Å². The summed E-state index contributed by atoms with van der Waals surface area (Å²) in [5.41, 5.74) is 0.383. The van der Waals surface area contributed by atoms with Gasteiger partial charge in [0.15, 0.2) is 0 Å². The van der Waals surface area contributed by atoms with Gasteiger partial charge in [-0.1, -0.05) is 6.92 Å². The van der Waals surface area contributed by atoms with Crippen LogP contribution in [-0.2, 0) is 0 Å². The molecule has 0 amide bonds. The van der Waals surface area contributed by atoms with Gasteiger partial charge in [0, 0.05) is 30.6 Å². The lowest BCUT2D eigenvalue weighted by Crippen LogP contribution is -2.45. The molecular weight excluding hydrogens is 399 g/mol. The number of rotatable bonds is 7. The second kappa shape index (κ2) is 8.44. The van der Waals surface area contributed by atoms with E-state index < -0.39 is 17.1 Å². The van der Waals surface area contributed by atoms with E-state index in [1.807, 2.05) is 6.92 Å². The van der Waals surface area contributed by atoms with Gasteiger partial charge in [-0.05, 0) is 63.4 Å². The van der Waals surface area contributed by atoms with Crippen molar-refractivity contribution in [1.82, 2.24) is 19.5 Å². The molecule has 2 unspecified atom stereocenters. The van der Waals surface area contributed by atoms with E-state index in [1.54, 1.807) is 11.5 Å². The molecule has 2 atom stereocenters. The van der Waals surface area contributed by atoms with E-state index in [2.05, 4.69) is 16.3 Å². The zero-order valence-corrected chi connectivity index (χ0v) is 18.0. The maximum Gasteiger partial charge on any atom is 0.350 e. The number of nitrogen functional groups attached to an aromatic ring is 1. The maximum atomic E-state index is 15.7. The van der Waals surface area contributed by atoms with E-state index in [9.17, 15) is 9.59 Å². The Morgan fingerprint density at radius 2 is 2.13 bits per heavy atom. The highest BCUT2D eigenvalue weighted by atomic mass is 19.1. The zero-order chi connectivity index (χ0) is 22.3. The smallest absolute Gasteiger partial charge is 0.332 e. The van der Waals surface area contributed by atoms with Crippen molar-refractivity contribution in [3.63, 3.8) is 0 Å². The van der Waals surface area contributed by atoms with Crippen molar-refractivity contribution in [1.29, 1.82) is 5.26 Å². The van der Waals surface area contributed by atoms with E-state index in [-0.39, 0.29) is 23.4 Å². The van der Waals surface area contributed by atoms with E-state index in [0.717, 1.165) is 32.4 Å². The van der Waals surface area contributed by atoms with Gasteiger partial charge < -0.3 is 11.2 Å². The van der Waals surface area contributed by atoms with Crippen LogP contribution in [0.3, 0.4) is 0 Å². The first-order valence-corrected chi connectivity index (χ1v) is 11.0. The van der Waals surface area contributed by atoms with E-state index in [4.69, 9.17) is 11.1 Å². The Bertz CT molecular complexity index is 1150. The summed E-state index contributed by atoms with van der Waals surface area (Å²) in [5, 5.41) is 12.6. The second-order valence-electron chi connectivity index (χ2n) is 8.59. The van der Waals surface area contributed by atoms with E-state index in [1.165, 1.54) is 6.07 Å². The molecule has 31 heavy (non-hydrogen) atoms. The number of nitrogens with two attached hydrogens (primary N) is 1. The second-order valence-corrected chi connectivity index (χ2v) is 8.59. The lowest BCUT2D eigenvalue weighted by Gasteiger charge is -2.36. The van der Waals surface area contributed by atoms with Crippen LogP contribution in [0.5, 0.6) is 0 Å². The highest BCUT2D eigenvalue weighted by Gasteiger charge is 2.36. The predicted octanol–water partition coefficient (Wildman–Crippen LogP) is 1.55. The van der Waals surface area contributed by atoms with Gasteiger partial charge >= 0.3 is 5.69 Å². The minimum absolute atomic E-state index is 0.0186. The molecule has 0 bridgehead atoms. The topological polar surface area (TPSA) is 109 Å². The van der Waals surface area contributed by atoms with Crippen LogP contribution >= 0.6 is 0 Å². The molecule has 166 valence electrons. The lowest BCUT2D eigenvalue weighted by atomic mass is 9.86. The number of benzene rings is 1. The maximum absolute atomic E-state index is 15.7. The molecule has 0 radical (unpaired) electrons. The SMILES string of the molecule is CCN(CCC#N)C(c1c(F)cc2c(=O)n(N)c(=O)n(C3CC3)c2c1C)C1CCNC1. The minimum Gasteiger partial charge on any atom is -0.332 e. The molecule has 2 fully saturated rings. The van der Waals surface area contributed by atoms with Crippen molar-refractivity contribution >= 4 is 10.9 Å². The van der Waals surface area contributed by atoms with Gasteiger partial charge in [-0.2, -0.15) is 9.94 Å². The fourth-order valence-corrected chi connectivity index (χ4v) is 5.07. The van der Waals surface area contributed by atoms with Crippen LogP contribution in [0.4, 0.5) is 4.39 Å². The number of hydrogen-bond donors (Lipinski definition) is 2. The van der Waals surface area contributed by atoms with Gasteiger partial charge in [-0.25, -0.2) is 9.18 Å². The quantitative estimate of drug-likeness (QED) is 0.648. The first-order chi connectivity index (χ1) is 14.9. The van der Waals surface area contributed by atoms with E-state index in [0.29, 0.717) is 40.8 Å². The highest BCUT2D eigenvalue weighted by Crippen LogP contribution is 2.41. The Balaban J connectivity index is 2.00. The summed E-state index contributed by atoms with van der Waals surface area (Å²) in [6, 6.07) is 3.16. The normalized spacial score (nSPS) is 19.8. The molecule has 9 heteroatoms. The highest BCUT2D eigenvalue weighted by molar-refractivity contribution is 5.83. The number of aromatic nitrogens is 2. The lowest BCUT2D eigenvalue weighted by molar-refractivity contribution is 0.154. The van der Waals surface area contributed by atoms with Crippen molar-refractivity contribution < 1.29 is 4.39 Å². The zero-order valence-electron chi connectivity index (χ0n) is 18.0. The molecule has 1 saturated carbocycles. The van der Waals surface area contributed by atoms with Crippen LogP contribution < -0.4 is 22.4 Å². The largest absolute Gasteiger partial charge is 0.350 e. The third kappa shape index (κ3) is 3.64. The van der Waals surface area contributed by atoms with Crippen molar-refractivity contribution in [3.8, 4) is 6.07 Å². The molecule has 3 N–H and O–H groups in total. The first-order valence-electron chi connectivity index (χ1n) is 11.0. The van der Waals surface area contributed by atoms with Crippen molar-refractivity contribution in [3.05, 3.63) is 43.8 Å². The van der Waals surface area contributed by atoms with Crippen LogP contribution in [-0.4, -0.2) is 40.3 Å². The number of nitrogens with zero attached hydrogens (tertiary/aromatic N) is 4. The summed E-state index contributed by atoms with van der Waals surface area (Å²) in [7, 11) is 0. The van der Waals surface area contributed by atoms with Gasteiger partial charge in [0.05, 0.1) is 17.0 Å². The Morgan fingerprint density at radius 3 is 2.71 bits per heavy atom. The molecule has 1 aromatic heterocycles. The Kier molecular flexibility index (Phi) is 5.86. The molecule has 4 rings (SSSR count). The number of fused-ring (bicyclic) bond motifs is 1. The number of aryl methyl sites for hydroxylation is 1. The summed E-state index contributed by atoms with van der Waals surface area (Å²) in [6.07, 6.45) is 2.91. The summed E-state index contributed by atoms with van der Waals surface area (Å²) in [6.45, 7) is 6.62. The van der Waals surface area contributed by atoms with Crippen molar-refractivity contribution in [2.45, 2.75) is 51.6 Å². The molecule has 1 aliphatic carbocycles. The third-order valence-corrected chi connectivity index (χ3v) is 6.71. The summed E-state index contributed by atoms with van der Waals surface area (Å²) < 4.78 is 17.8. The fourth-order valence-electron chi connectivity index (χ4n) is 5.07. The molecule has 1 aromatic carbocycles. The summed E-state index contributed by atoms with van der Waals surface area (Å²) >= 11 is 0. The minimum atomic E-state index is -0.679. The predicted molar refractivity (Wildman–Crippen MR) is 117 cm³/mol. The number of hydrogen-bond acceptors (Lipinski definition) is 6. The first kappa shape index (κ1) is 21.5. The average molecular weight is 429 g/mol. The Morgan fingerprint density at radius 1 is 1.39 bits per heavy atom. The fraction of sp³-hybridized carbons (Fsp3) is 0.591. The molecule has 0 spiro atoms. The van der Waals surface area contributed by atoms with Crippen LogP contribution in [0.15, 0.2) is 15.7 Å². The van der Waals surface area contributed by atoms with Crippen molar-refractivity contribution in [2.24, 2.45) is 5.92 Å². The number of nitriles is 1. The summed E-state index contributed by atoms with van der Waals surface area (Å²) in [4.78, 5) is 27.7. The van der Waals surface area contributed by atoms with Gasteiger partial charge in [-0.3, -0.25) is 14.3 Å². The van der Waals surface area contributed by atoms with E-state index >= 15 is 4.39 Å². The average Bonchev–Trinajstić information content (AvgIpc) is 3.45. The van der Waals surface area contributed by atoms with Gasteiger partial charge in [0.2, 0.25) is 0 Å². The molecule has 2 heterocycles. The molecule has 8 nitrogen and oxygen atoms in total. The molecule has 1 aliphatic heterocycles. The number of nitrogens with one attached hydrogen (secondary N) is 1.